The largest absolute Gasteiger partial charge is 0.494 e. The summed E-state index contributed by atoms with van der Waals surface area (Å²) < 4.78 is 10.5. The van der Waals surface area contributed by atoms with Gasteiger partial charge in [0.1, 0.15) is 11.3 Å². The van der Waals surface area contributed by atoms with Crippen molar-refractivity contribution >= 4 is 33.8 Å². The number of para-hydroxylation sites is 1. The van der Waals surface area contributed by atoms with Crippen molar-refractivity contribution in [1.29, 1.82) is 0 Å². The number of ether oxygens (including phenoxy) is 1. The Morgan fingerprint density at radius 1 is 1.04 bits per heavy atom. The molecule has 3 aliphatic carbocycles. The van der Waals surface area contributed by atoms with Gasteiger partial charge < -0.3 is 34.5 Å². The molecule has 10 nitrogen and oxygen atoms in total. The fourth-order valence-corrected chi connectivity index (χ4v) is 9.16. The third kappa shape index (κ3) is 4.62. The number of aliphatic hydroxyl groups excluding tert-OH is 1. The van der Waals surface area contributed by atoms with Gasteiger partial charge in [-0.05, 0) is 86.5 Å². The molecule has 4 heterocycles. The van der Waals surface area contributed by atoms with E-state index >= 15 is 0 Å². The zero-order chi connectivity index (χ0) is 32.1. The molecule has 0 spiro atoms. The van der Waals surface area contributed by atoms with E-state index in [9.17, 15) is 14.7 Å². The molecule has 2 saturated heterocycles. The number of β-amino-alcohol motifs (C(OH)–C–C–N with tert-alkyl or cyclic N) is 1. The normalized spacial score (nSPS) is 28.5. The average Bonchev–Trinajstić information content (AvgIpc) is 3.31. The van der Waals surface area contributed by atoms with E-state index in [1.54, 1.807) is 7.11 Å². The molecule has 2 aromatic carbocycles. The molecule has 3 N–H and O–H groups in total. The molecule has 5 fully saturated rings. The summed E-state index contributed by atoms with van der Waals surface area (Å²) in [6, 6.07) is 12.8. The zero-order valence-electron chi connectivity index (χ0n) is 27.3. The Hall–Kier alpha value is -3.89. The molecule has 2 amide bonds. The number of aliphatic hydroxyl groups is 1. The van der Waals surface area contributed by atoms with E-state index in [-0.39, 0.29) is 35.9 Å². The highest BCUT2D eigenvalue weighted by Gasteiger charge is 2.47. The quantitative estimate of drug-likeness (QED) is 0.313. The molecule has 246 valence electrons. The van der Waals surface area contributed by atoms with Crippen LogP contribution in [0.3, 0.4) is 0 Å². The second-order valence-corrected chi connectivity index (χ2v) is 14.9. The van der Waals surface area contributed by atoms with Gasteiger partial charge in [-0.2, -0.15) is 0 Å². The minimum absolute atomic E-state index is 0.00531. The van der Waals surface area contributed by atoms with Crippen LogP contribution < -0.4 is 10.5 Å². The first-order valence-corrected chi connectivity index (χ1v) is 17.5. The van der Waals surface area contributed by atoms with E-state index in [4.69, 9.17) is 15.5 Å². The number of benzene rings is 2. The van der Waals surface area contributed by atoms with Crippen LogP contribution in [0.1, 0.15) is 66.8 Å². The first kappa shape index (κ1) is 29.3. The number of imidazole rings is 1. The number of hydrogen-bond acceptors (Lipinski definition) is 6. The van der Waals surface area contributed by atoms with Crippen molar-refractivity contribution in [2.24, 2.45) is 30.5 Å². The lowest BCUT2D eigenvalue weighted by Gasteiger charge is -2.37. The molecule has 4 atom stereocenters. The third-order valence-electron chi connectivity index (χ3n) is 12.0. The summed E-state index contributed by atoms with van der Waals surface area (Å²) in [6.45, 7) is 2.78. The molecular formula is C37H44N6O4. The highest BCUT2D eigenvalue weighted by Crippen LogP contribution is 2.47. The van der Waals surface area contributed by atoms with Crippen LogP contribution in [0.4, 0.5) is 0 Å². The van der Waals surface area contributed by atoms with Crippen LogP contribution in [-0.4, -0.2) is 85.8 Å². The molecule has 47 heavy (non-hydrogen) atoms. The first-order chi connectivity index (χ1) is 22.8. The first-order valence-electron chi connectivity index (χ1n) is 17.5. The zero-order valence-corrected chi connectivity index (χ0v) is 27.3. The van der Waals surface area contributed by atoms with Crippen LogP contribution in [0.5, 0.6) is 5.75 Å². The molecule has 5 aliphatic rings. The standard InChI is InChI=1S/C37H44N6O4/c1-40-34-28(14-25(16-31(34)47-2)37(46)43-18-22-8-9-29(43)32(22)38)39-35(40)30-15-21-4-3-5-27(33(21)42(30)17-20-6-7-20)23-12-24(13-23)36(45)41-11-10-26(44)19-41/h3-5,14-16,20,22-24,26,29,32,44H,6-13,17-19,38H2,1-2H3/t22-,23?,24?,26+,29-,32-/m1/s1. The Labute approximate surface area is 274 Å². The van der Waals surface area contributed by atoms with Gasteiger partial charge in [0.2, 0.25) is 5.91 Å². The summed E-state index contributed by atoms with van der Waals surface area (Å²) in [5, 5.41) is 11.1. The summed E-state index contributed by atoms with van der Waals surface area (Å²) in [4.78, 5) is 35.9. The number of nitrogens with two attached hydrogens (primary N) is 1. The minimum Gasteiger partial charge on any atom is -0.494 e. The van der Waals surface area contributed by atoms with Crippen molar-refractivity contribution in [2.75, 3.05) is 26.7 Å². The molecule has 9 rings (SSSR count). The maximum atomic E-state index is 13.8. The molecule has 0 unspecified atom stereocenters. The van der Waals surface area contributed by atoms with Gasteiger partial charge in [-0.15, -0.1) is 0 Å². The summed E-state index contributed by atoms with van der Waals surface area (Å²) >= 11 is 0. The number of methoxy groups -OCH3 is 1. The molecule has 3 saturated carbocycles. The molecule has 0 radical (unpaired) electrons. The number of amides is 2. The number of piperidine rings is 1. The van der Waals surface area contributed by atoms with E-state index in [0.29, 0.717) is 48.6 Å². The average molecular weight is 637 g/mol. The SMILES string of the molecule is COc1cc(C(=O)N2C[C@H]3CC[C@@H]2[C@@H]3N)cc2nc(-c3cc4cccc(C5CC(C(=O)N6CC[C@H](O)C6)C5)c4n3CC3CC3)n(C)c12. The molecule has 2 aromatic heterocycles. The lowest BCUT2D eigenvalue weighted by Crippen LogP contribution is -2.41. The fourth-order valence-electron chi connectivity index (χ4n) is 9.16. The number of rotatable bonds is 7. The van der Waals surface area contributed by atoms with Crippen molar-refractivity contribution in [3.8, 4) is 17.3 Å². The number of aromatic nitrogens is 3. The van der Waals surface area contributed by atoms with Gasteiger partial charge in [-0.25, -0.2) is 4.98 Å². The highest BCUT2D eigenvalue weighted by atomic mass is 16.5. The van der Waals surface area contributed by atoms with Crippen LogP contribution in [0.2, 0.25) is 0 Å². The van der Waals surface area contributed by atoms with E-state index in [0.717, 1.165) is 61.3 Å². The van der Waals surface area contributed by atoms with Crippen molar-refractivity contribution in [3.05, 3.63) is 47.5 Å². The van der Waals surface area contributed by atoms with E-state index < -0.39 is 0 Å². The van der Waals surface area contributed by atoms with E-state index in [1.165, 1.54) is 29.3 Å². The van der Waals surface area contributed by atoms with E-state index in [1.807, 2.05) is 29.0 Å². The van der Waals surface area contributed by atoms with E-state index in [2.05, 4.69) is 33.4 Å². The molecular weight excluding hydrogens is 592 g/mol. The Balaban J connectivity index is 1.08. The summed E-state index contributed by atoms with van der Waals surface area (Å²) in [6.07, 6.45) is 6.51. The van der Waals surface area contributed by atoms with Gasteiger partial charge in [0.25, 0.3) is 5.91 Å². The topological polar surface area (TPSA) is 119 Å². The second-order valence-electron chi connectivity index (χ2n) is 14.9. The monoisotopic (exact) mass is 636 g/mol. The molecule has 4 aromatic rings. The van der Waals surface area contributed by atoms with Gasteiger partial charge in [0, 0.05) is 62.2 Å². The molecule has 2 aliphatic heterocycles. The predicted octanol–water partition coefficient (Wildman–Crippen LogP) is 4.26. The van der Waals surface area contributed by atoms with Crippen LogP contribution in [-0.2, 0) is 18.4 Å². The van der Waals surface area contributed by atoms with Crippen molar-refractivity contribution in [3.63, 3.8) is 0 Å². The summed E-state index contributed by atoms with van der Waals surface area (Å²) in [7, 11) is 3.69. The number of hydrogen-bond donors (Lipinski definition) is 2. The minimum atomic E-state index is -0.387. The van der Waals surface area contributed by atoms with Crippen LogP contribution in [0, 0.1) is 17.8 Å². The fraction of sp³-hybridized carbons (Fsp3) is 0.541. The molecule has 2 bridgehead atoms. The van der Waals surface area contributed by atoms with Gasteiger partial charge in [-0.3, -0.25) is 9.59 Å². The van der Waals surface area contributed by atoms with Gasteiger partial charge in [0.05, 0.1) is 29.9 Å². The Morgan fingerprint density at radius 2 is 1.87 bits per heavy atom. The number of fused-ring (bicyclic) bond motifs is 4. The van der Waals surface area contributed by atoms with Crippen LogP contribution >= 0.6 is 0 Å². The lowest BCUT2D eigenvalue weighted by molar-refractivity contribution is -0.138. The highest BCUT2D eigenvalue weighted by molar-refractivity contribution is 6.00. The molecule has 10 heteroatoms. The maximum absolute atomic E-state index is 13.8. The van der Waals surface area contributed by atoms with Crippen molar-refractivity contribution in [1.82, 2.24) is 23.9 Å². The summed E-state index contributed by atoms with van der Waals surface area (Å²) in [5.41, 5.74) is 12.3. The van der Waals surface area contributed by atoms with Gasteiger partial charge in [-0.1, -0.05) is 18.2 Å². The van der Waals surface area contributed by atoms with Crippen LogP contribution in [0.15, 0.2) is 36.4 Å². The maximum Gasteiger partial charge on any atom is 0.254 e. The number of carbonyl (C=O) groups is 2. The van der Waals surface area contributed by atoms with Crippen molar-refractivity contribution in [2.45, 2.75) is 75.6 Å². The predicted molar refractivity (Wildman–Crippen MR) is 179 cm³/mol. The number of nitrogens with zero attached hydrogens (tertiary/aromatic N) is 5. The Kier molecular flexibility index (Phi) is 6.74. The number of likely N-dealkylation sites (tertiary alicyclic amines) is 2. The number of aryl methyl sites for hydroxylation is 1. The van der Waals surface area contributed by atoms with Gasteiger partial charge >= 0.3 is 0 Å². The van der Waals surface area contributed by atoms with Crippen LogP contribution in [0.25, 0.3) is 33.5 Å². The van der Waals surface area contributed by atoms with Crippen molar-refractivity contribution < 1.29 is 19.4 Å². The third-order valence-corrected chi connectivity index (χ3v) is 12.0. The summed E-state index contributed by atoms with van der Waals surface area (Å²) in [5.74, 6) is 3.08. The lowest BCUT2D eigenvalue weighted by atomic mass is 9.70. The Morgan fingerprint density at radius 3 is 2.55 bits per heavy atom. The number of carbonyl (C=O) groups excluding carboxylic acids is 2. The smallest absolute Gasteiger partial charge is 0.254 e. The second kappa shape index (κ2) is 10.8. The Bertz CT molecular complexity index is 1920. The van der Waals surface area contributed by atoms with Gasteiger partial charge in [0.15, 0.2) is 5.82 Å².